The van der Waals surface area contributed by atoms with Crippen LogP contribution in [0, 0.1) is 12.8 Å². The van der Waals surface area contributed by atoms with Crippen LogP contribution in [0.25, 0.3) is 0 Å². The summed E-state index contributed by atoms with van der Waals surface area (Å²) in [6, 6.07) is 8.42. The fourth-order valence-corrected chi connectivity index (χ4v) is 2.28. The molecule has 0 saturated carbocycles. The Labute approximate surface area is 103 Å². The van der Waals surface area contributed by atoms with Crippen LogP contribution in [0.3, 0.4) is 0 Å². The Morgan fingerprint density at radius 2 is 2.29 bits per heavy atom. The highest BCUT2D eigenvalue weighted by Crippen LogP contribution is 2.20. The molecule has 17 heavy (non-hydrogen) atoms. The minimum atomic E-state index is -0.226. The van der Waals surface area contributed by atoms with E-state index in [-0.39, 0.29) is 12.0 Å². The zero-order valence-corrected chi connectivity index (χ0v) is 10.6. The molecule has 2 unspecified atom stereocenters. The molecule has 0 aromatic heterocycles. The maximum Gasteiger partial charge on any atom is 0.0629 e. The Bertz CT molecular complexity index is 367. The molecule has 0 radical (unpaired) electrons. The minimum absolute atomic E-state index is 0.217. The number of anilines is 1. The second-order valence-electron chi connectivity index (χ2n) is 4.91. The van der Waals surface area contributed by atoms with Gasteiger partial charge >= 0.3 is 0 Å². The third-order valence-electron chi connectivity index (χ3n) is 3.38. The van der Waals surface area contributed by atoms with Crippen molar-refractivity contribution in [1.29, 1.82) is 0 Å². The topological polar surface area (TPSA) is 32.7 Å². The fraction of sp³-hybridized carbons (Fsp3) is 0.571. The van der Waals surface area contributed by atoms with E-state index in [4.69, 9.17) is 4.74 Å². The van der Waals surface area contributed by atoms with Gasteiger partial charge in [-0.1, -0.05) is 12.1 Å². The monoisotopic (exact) mass is 235 g/mol. The van der Waals surface area contributed by atoms with Crippen LogP contribution < -0.4 is 4.90 Å². The molecule has 0 amide bonds. The number of aryl methyl sites for hydroxylation is 1. The van der Waals surface area contributed by atoms with Gasteiger partial charge < -0.3 is 14.7 Å². The third kappa shape index (κ3) is 3.20. The van der Waals surface area contributed by atoms with E-state index in [1.807, 2.05) is 0 Å². The van der Waals surface area contributed by atoms with Gasteiger partial charge in [-0.3, -0.25) is 0 Å². The molecule has 1 fully saturated rings. The van der Waals surface area contributed by atoms with Crippen molar-refractivity contribution in [3.8, 4) is 0 Å². The van der Waals surface area contributed by atoms with Crippen molar-refractivity contribution in [1.82, 2.24) is 0 Å². The zero-order chi connectivity index (χ0) is 12.3. The van der Waals surface area contributed by atoms with Gasteiger partial charge in [0.2, 0.25) is 0 Å². The van der Waals surface area contributed by atoms with E-state index in [2.05, 4.69) is 43.1 Å². The quantitative estimate of drug-likeness (QED) is 0.867. The van der Waals surface area contributed by atoms with Gasteiger partial charge in [-0.2, -0.15) is 0 Å². The summed E-state index contributed by atoms with van der Waals surface area (Å²) in [7, 11) is 2.07. The normalized spacial score (nSPS) is 24.6. The molecule has 0 bridgehead atoms. The molecule has 0 aliphatic carbocycles. The Balaban J connectivity index is 1.98. The van der Waals surface area contributed by atoms with Crippen LogP contribution in [0.1, 0.15) is 12.0 Å². The van der Waals surface area contributed by atoms with Crippen LogP contribution >= 0.6 is 0 Å². The lowest BCUT2D eigenvalue weighted by molar-refractivity contribution is -0.0320. The molecule has 1 heterocycles. The van der Waals surface area contributed by atoms with Gasteiger partial charge in [-0.15, -0.1) is 0 Å². The summed E-state index contributed by atoms with van der Waals surface area (Å²) < 4.78 is 5.43. The lowest BCUT2D eigenvalue weighted by atomic mass is 9.98. The van der Waals surface area contributed by atoms with E-state index in [1.165, 1.54) is 11.3 Å². The fourth-order valence-electron chi connectivity index (χ4n) is 2.28. The summed E-state index contributed by atoms with van der Waals surface area (Å²) in [5, 5.41) is 9.91. The van der Waals surface area contributed by atoms with Crippen molar-refractivity contribution in [3.63, 3.8) is 0 Å². The number of hydrogen-bond acceptors (Lipinski definition) is 3. The van der Waals surface area contributed by atoms with Gasteiger partial charge in [0.15, 0.2) is 0 Å². The predicted octanol–water partition coefficient (Wildman–Crippen LogP) is 1.83. The number of ether oxygens (including phenoxy) is 1. The van der Waals surface area contributed by atoms with Crippen molar-refractivity contribution in [3.05, 3.63) is 29.8 Å². The first-order valence-electron chi connectivity index (χ1n) is 6.20. The Hall–Kier alpha value is -1.06. The molecule has 3 nitrogen and oxygen atoms in total. The molecule has 1 aromatic rings. The molecule has 0 spiro atoms. The number of nitrogens with zero attached hydrogens (tertiary/aromatic N) is 1. The number of aliphatic hydroxyl groups excluding tert-OH is 1. The molecule has 3 heteroatoms. The second-order valence-corrected chi connectivity index (χ2v) is 4.91. The summed E-state index contributed by atoms with van der Waals surface area (Å²) in [5.41, 5.74) is 2.46. The van der Waals surface area contributed by atoms with Crippen molar-refractivity contribution < 1.29 is 9.84 Å². The van der Waals surface area contributed by atoms with Crippen LogP contribution in [0.5, 0.6) is 0 Å². The van der Waals surface area contributed by atoms with E-state index in [9.17, 15) is 5.11 Å². The van der Waals surface area contributed by atoms with Crippen LogP contribution in [0.2, 0.25) is 0 Å². The summed E-state index contributed by atoms with van der Waals surface area (Å²) in [6.45, 7) is 4.28. The highest BCUT2D eigenvalue weighted by atomic mass is 16.5. The van der Waals surface area contributed by atoms with E-state index >= 15 is 0 Å². The molecular weight excluding hydrogens is 214 g/mol. The lowest BCUT2D eigenvalue weighted by Crippen LogP contribution is -2.39. The number of hydrogen-bond donors (Lipinski definition) is 1. The molecule has 1 saturated heterocycles. The number of aliphatic hydroxyl groups is 1. The molecule has 2 atom stereocenters. The molecular formula is C14H21NO2. The van der Waals surface area contributed by atoms with E-state index in [1.54, 1.807) is 0 Å². The van der Waals surface area contributed by atoms with Crippen molar-refractivity contribution in [2.75, 3.05) is 31.7 Å². The first-order chi connectivity index (χ1) is 8.16. The van der Waals surface area contributed by atoms with Crippen molar-refractivity contribution >= 4 is 5.69 Å². The zero-order valence-electron chi connectivity index (χ0n) is 10.6. The highest BCUT2D eigenvalue weighted by molar-refractivity contribution is 5.47. The van der Waals surface area contributed by atoms with Crippen LogP contribution in [0.15, 0.2) is 24.3 Å². The summed E-state index contributed by atoms with van der Waals surface area (Å²) in [6.07, 6.45) is 0.530. The second kappa shape index (κ2) is 5.52. The van der Waals surface area contributed by atoms with Crippen LogP contribution in [-0.2, 0) is 4.74 Å². The van der Waals surface area contributed by atoms with Gasteiger partial charge in [0.1, 0.15) is 0 Å². The average Bonchev–Trinajstić information content (AvgIpc) is 2.32. The molecule has 1 N–H and O–H groups in total. The van der Waals surface area contributed by atoms with Gasteiger partial charge in [-0.25, -0.2) is 0 Å². The van der Waals surface area contributed by atoms with E-state index in [0.717, 1.165) is 13.0 Å². The first-order valence-corrected chi connectivity index (χ1v) is 6.20. The Morgan fingerprint density at radius 1 is 1.47 bits per heavy atom. The summed E-state index contributed by atoms with van der Waals surface area (Å²) >= 11 is 0. The Kier molecular flexibility index (Phi) is 4.02. The molecule has 1 aromatic carbocycles. The number of benzene rings is 1. The highest BCUT2D eigenvalue weighted by Gasteiger charge is 2.24. The Morgan fingerprint density at radius 3 is 3.00 bits per heavy atom. The van der Waals surface area contributed by atoms with Gasteiger partial charge in [0.25, 0.3) is 0 Å². The van der Waals surface area contributed by atoms with Crippen LogP contribution in [0.4, 0.5) is 5.69 Å². The number of rotatable bonds is 3. The maximum atomic E-state index is 9.91. The molecule has 1 aliphatic heterocycles. The van der Waals surface area contributed by atoms with Crippen molar-refractivity contribution in [2.45, 2.75) is 19.4 Å². The summed E-state index contributed by atoms with van der Waals surface area (Å²) in [5.74, 6) is 0.217. The van der Waals surface area contributed by atoms with Crippen LogP contribution in [-0.4, -0.2) is 38.0 Å². The lowest BCUT2D eigenvalue weighted by Gasteiger charge is -2.32. The van der Waals surface area contributed by atoms with Gasteiger partial charge in [0, 0.05) is 31.8 Å². The van der Waals surface area contributed by atoms with Gasteiger partial charge in [-0.05, 0) is 31.0 Å². The molecule has 2 rings (SSSR count). The predicted molar refractivity (Wildman–Crippen MR) is 69.4 cm³/mol. The van der Waals surface area contributed by atoms with Crippen molar-refractivity contribution in [2.24, 2.45) is 5.92 Å². The average molecular weight is 235 g/mol. The minimum Gasteiger partial charge on any atom is -0.393 e. The first kappa shape index (κ1) is 12.4. The standard InChI is InChI=1S/C14H21NO2/c1-11-4-3-5-13(8-11)15(2)9-12-10-17-7-6-14(12)16/h3-5,8,12,14,16H,6-7,9-10H2,1-2H3. The smallest absolute Gasteiger partial charge is 0.0629 e. The van der Waals surface area contributed by atoms with Gasteiger partial charge in [0.05, 0.1) is 12.7 Å². The maximum absolute atomic E-state index is 9.91. The molecule has 1 aliphatic rings. The van der Waals surface area contributed by atoms with E-state index in [0.29, 0.717) is 13.2 Å². The molecule has 94 valence electrons. The van der Waals surface area contributed by atoms with E-state index < -0.39 is 0 Å². The summed E-state index contributed by atoms with van der Waals surface area (Å²) in [4.78, 5) is 2.19. The third-order valence-corrected chi connectivity index (χ3v) is 3.38. The SMILES string of the molecule is Cc1cccc(N(C)CC2COCCC2O)c1. The largest absolute Gasteiger partial charge is 0.393 e.